The van der Waals surface area contributed by atoms with Crippen LogP contribution in [0.1, 0.15) is 39.8 Å². The number of hydrogen-bond donors (Lipinski definition) is 0. The molecule has 1 fully saturated rings. The van der Waals surface area contributed by atoms with Crippen LogP contribution in [0.25, 0.3) is 0 Å². The van der Waals surface area contributed by atoms with Gasteiger partial charge in [-0.2, -0.15) is 0 Å². The molecule has 3 aromatic rings. The van der Waals surface area contributed by atoms with Crippen molar-refractivity contribution in [2.45, 2.75) is 32.2 Å². The number of fused-ring (bicyclic) bond motifs is 1. The largest absolute Gasteiger partial charge is 0.366 e. The highest BCUT2D eigenvalue weighted by Crippen LogP contribution is 2.29. The Morgan fingerprint density at radius 3 is 2.65 bits per heavy atom. The summed E-state index contributed by atoms with van der Waals surface area (Å²) in [6.45, 7) is 5.37. The zero-order valence-corrected chi connectivity index (χ0v) is 17.8. The van der Waals surface area contributed by atoms with Crippen molar-refractivity contribution >= 4 is 11.6 Å². The molecule has 0 aliphatic carbocycles. The molecule has 1 saturated heterocycles. The van der Waals surface area contributed by atoms with Crippen molar-refractivity contribution in [3.63, 3.8) is 0 Å². The van der Waals surface area contributed by atoms with Gasteiger partial charge in [0.1, 0.15) is 17.3 Å². The minimum Gasteiger partial charge on any atom is -0.366 e. The quantitative estimate of drug-likeness (QED) is 0.645. The van der Waals surface area contributed by atoms with Gasteiger partial charge in [0.05, 0.1) is 5.69 Å². The second-order valence-electron chi connectivity index (χ2n) is 8.58. The summed E-state index contributed by atoms with van der Waals surface area (Å²) in [7, 11) is 0. The Kier molecular flexibility index (Phi) is 5.22. The molecule has 2 aliphatic rings. The Hall–Kier alpha value is -3.15. The monoisotopic (exact) mass is 418 g/mol. The summed E-state index contributed by atoms with van der Waals surface area (Å²) < 4.78 is 16.2. The fourth-order valence-electron chi connectivity index (χ4n) is 4.76. The fourth-order valence-corrected chi connectivity index (χ4v) is 4.76. The van der Waals surface area contributed by atoms with Crippen LogP contribution in [0, 0.1) is 12.7 Å². The number of carbonyl (C=O) groups is 1. The predicted molar refractivity (Wildman–Crippen MR) is 119 cm³/mol. The third kappa shape index (κ3) is 3.94. The number of para-hydroxylation sites is 1. The highest BCUT2D eigenvalue weighted by Gasteiger charge is 2.28. The third-order valence-electron chi connectivity index (χ3n) is 6.49. The summed E-state index contributed by atoms with van der Waals surface area (Å²) in [5, 5.41) is 0. The molecule has 0 unspecified atom stereocenters. The Balaban J connectivity index is 1.25. The van der Waals surface area contributed by atoms with Crippen molar-refractivity contribution < 1.29 is 9.18 Å². The molecule has 1 atom stereocenters. The molecule has 160 valence electrons. The van der Waals surface area contributed by atoms with Gasteiger partial charge >= 0.3 is 0 Å². The van der Waals surface area contributed by atoms with Crippen molar-refractivity contribution in [3.8, 4) is 0 Å². The molecular weight excluding hydrogens is 391 g/mol. The standard InChI is InChI=1S/C25H27FN4O/c1-18-5-4-6-19(15-18)20-9-10-24-27-22(17-30(24)16-20)25(31)29-13-11-28(12-14-29)23-8-3-2-7-21(23)26/h2-8,15,17,20H,9-14,16H2,1H3/t20-/m0/s1. The van der Waals surface area contributed by atoms with Gasteiger partial charge in [-0.1, -0.05) is 42.0 Å². The van der Waals surface area contributed by atoms with Gasteiger partial charge in [0.25, 0.3) is 5.91 Å². The molecule has 0 spiro atoms. The van der Waals surface area contributed by atoms with Gasteiger partial charge in [-0.3, -0.25) is 4.79 Å². The van der Waals surface area contributed by atoms with Crippen LogP contribution in [-0.4, -0.2) is 46.5 Å². The van der Waals surface area contributed by atoms with E-state index in [0.29, 0.717) is 43.5 Å². The number of amides is 1. The first-order valence-corrected chi connectivity index (χ1v) is 11.0. The number of hydrogen-bond acceptors (Lipinski definition) is 3. The molecule has 0 N–H and O–H groups in total. The number of piperazine rings is 1. The number of nitrogens with zero attached hydrogens (tertiary/aromatic N) is 4. The highest BCUT2D eigenvalue weighted by molar-refractivity contribution is 5.92. The molecule has 31 heavy (non-hydrogen) atoms. The second-order valence-corrected chi connectivity index (χ2v) is 8.58. The van der Waals surface area contributed by atoms with Crippen LogP contribution in [0.3, 0.4) is 0 Å². The summed E-state index contributed by atoms with van der Waals surface area (Å²) in [6.07, 6.45) is 3.85. The summed E-state index contributed by atoms with van der Waals surface area (Å²) in [4.78, 5) is 21.6. The van der Waals surface area contributed by atoms with Crippen LogP contribution in [0.4, 0.5) is 10.1 Å². The third-order valence-corrected chi connectivity index (χ3v) is 6.49. The average Bonchev–Trinajstić information content (AvgIpc) is 3.22. The molecule has 3 heterocycles. The molecule has 0 radical (unpaired) electrons. The van der Waals surface area contributed by atoms with E-state index in [2.05, 4.69) is 40.7 Å². The predicted octanol–water partition coefficient (Wildman–Crippen LogP) is 4.02. The first-order valence-electron chi connectivity index (χ1n) is 11.0. The number of aromatic nitrogens is 2. The minimum atomic E-state index is -0.216. The van der Waals surface area contributed by atoms with E-state index in [1.807, 2.05) is 22.1 Å². The maximum atomic E-state index is 14.1. The van der Waals surface area contributed by atoms with E-state index < -0.39 is 0 Å². The summed E-state index contributed by atoms with van der Waals surface area (Å²) in [5.74, 6) is 1.21. The van der Waals surface area contributed by atoms with Crippen LogP contribution >= 0.6 is 0 Å². The van der Waals surface area contributed by atoms with Crippen molar-refractivity contribution in [3.05, 3.63) is 83.2 Å². The number of halogens is 1. The molecule has 0 bridgehead atoms. The Morgan fingerprint density at radius 2 is 1.87 bits per heavy atom. The van der Waals surface area contributed by atoms with Crippen molar-refractivity contribution in [2.75, 3.05) is 31.1 Å². The lowest BCUT2D eigenvalue weighted by Crippen LogP contribution is -2.49. The highest BCUT2D eigenvalue weighted by atomic mass is 19.1. The lowest BCUT2D eigenvalue weighted by molar-refractivity contribution is 0.0741. The molecule has 5 nitrogen and oxygen atoms in total. The van der Waals surface area contributed by atoms with Gasteiger partial charge < -0.3 is 14.4 Å². The van der Waals surface area contributed by atoms with Gasteiger partial charge in [-0.25, -0.2) is 9.37 Å². The number of rotatable bonds is 3. The van der Waals surface area contributed by atoms with E-state index in [4.69, 9.17) is 0 Å². The second kappa shape index (κ2) is 8.17. The normalized spacial score (nSPS) is 18.7. The Bertz CT molecular complexity index is 1100. The van der Waals surface area contributed by atoms with Crippen LogP contribution in [0.2, 0.25) is 0 Å². The van der Waals surface area contributed by atoms with Crippen molar-refractivity contribution in [1.82, 2.24) is 14.5 Å². The fraction of sp³-hybridized carbons (Fsp3) is 0.360. The van der Waals surface area contributed by atoms with E-state index in [-0.39, 0.29) is 11.7 Å². The zero-order valence-electron chi connectivity index (χ0n) is 17.8. The first kappa shape index (κ1) is 19.8. The zero-order chi connectivity index (χ0) is 21.4. The molecular formula is C25H27FN4O. The number of aryl methyl sites for hydroxylation is 2. The summed E-state index contributed by atoms with van der Waals surface area (Å²) in [6, 6.07) is 15.5. The molecule has 6 heteroatoms. The Morgan fingerprint density at radius 1 is 1.06 bits per heavy atom. The van der Waals surface area contributed by atoms with Crippen LogP contribution in [0.15, 0.2) is 54.7 Å². The maximum absolute atomic E-state index is 14.1. The summed E-state index contributed by atoms with van der Waals surface area (Å²) >= 11 is 0. The van der Waals surface area contributed by atoms with Crippen molar-refractivity contribution in [1.29, 1.82) is 0 Å². The molecule has 5 rings (SSSR count). The number of imidazole rings is 1. The topological polar surface area (TPSA) is 41.4 Å². The molecule has 2 aromatic carbocycles. The number of carbonyl (C=O) groups excluding carboxylic acids is 1. The van der Waals surface area contributed by atoms with Crippen molar-refractivity contribution in [2.24, 2.45) is 0 Å². The maximum Gasteiger partial charge on any atom is 0.274 e. The lowest BCUT2D eigenvalue weighted by atomic mass is 9.91. The van der Waals surface area contributed by atoms with Gasteiger partial charge in [0.15, 0.2) is 0 Å². The molecule has 2 aliphatic heterocycles. The average molecular weight is 419 g/mol. The Labute approximate surface area is 182 Å². The van der Waals surface area contributed by atoms with E-state index in [1.54, 1.807) is 12.1 Å². The lowest BCUT2D eigenvalue weighted by Gasteiger charge is -2.35. The van der Waals surface area contributed by atoms with E-state index in [9.17, 15) is 9.18 Å². The van der Waals surface area contributed by atoms with Gasteiger partial charge in [-0.05, 0) is 31.0 Å². The van der Waals surface area contributed by atoms with Gasteiger partial charge in [-0.15, -0.1) is 0 Å². The summed E-state index contributed by atoms with van der Waals surface area (Å²) in [5.41, 5.74) is 3.77. The van der Waals surface area contributed by atoms with E-state index in [1.165, 1.54) is 17.2 Å². The van der Waals surface area contributed by atoms with Crippen LogP contribution in [0.5, 0.6) is 0 Å². The number of benzene rings is 2. The minimum absolute atomic E-state index is 0.0258. The first-order chi connectivity index (χ1) is 15.1. The van der Waals surface area contributed by atoms with E-state index in [0.717, 1.165) is 25.2 Å². The SMILES string of the molecule is Cc1cccc([C@H]2CCc3nc(C(=O)N4CCN(c5ccccc5F)CC4)cn3C2)c1. The molecule has 1 aromatic heterocycles. The van der Waals surface area contributed by atoms with E-state index >= 15 is 0 Å². The molecule has 1 amide bonds. The molecule has 0 saturated carbocycles. The van der Waals surface area contributed by atoms with Gasteiger partial charge in [0, 0.05) is 51.3 Å². The van der Waals surface area contributed by atoms with Crippen LogP contribution in [-0.2, 0) is 13.0 Å². The smallest absolute Gasteiger partial charge is 0.274 e. The van der Waals surface area contributed by atoms with Gasteiger partial charge in [0.2, 0.25) is 0 Å². The number of anilines is 1. The van der Waals surface area contributed by atoms with Crippen LogP contribution < -0.4 is 4.90 Å².